The van der Waals surface area contributed by atoms with Crippen molar-refractivity contribution in [2.75, 3.05) is 27.4 Å². The zero-order valence-electron chi connectivity index (χ0n) is 11.3. The quantitative estimate of drug-likeness (QED) is 0.741. The summed E-state index contributed by atoms with van der Waals surface area (Å²) < 4.78 is 10.2. The molecule has 102 valence electrons. The van der Waals surface area contributed by atoms with Gasteiger partial charge in [-0.3, -0.25) is 0 Å². The summed E-state index contributed by atoms with van der Waals surface area (Å²) >= 11 is 0. The van der Waals surface area contributed by atoms with Crippen LogP contribution in [0.2, 0.25) is 0 Å². The van der Waals surface area contributed by atoms with Crippen molar-refractivity contribution in [2.45, 2.75) is 25.4 Å². The molecule has 0 radical (unpaired) electrons. The van der Waals surface area contributed by atoms with Gasteiger partial charge in [0.25, 0.3) is 0 Å². The molecule has 1 rings (SSSR count). The van der Waals surface area contributed by atoms with Gasteiger partial charge in [-0.1, -0.05) is 12.1 Å². The van der Waals surface area contributed by atoms with Gasteiger partial charge >= 0.3 is 0 Å². The Kier molecular flexibility index (Phi) is 6.72. The first-order valence-electron chi connectivity index (χ1n) is 6.21. The summed E-state index contributed by atoms with van der Waals surface area (Å²) in [6.45, 7) is 2.82. The lowest BCUT2D eigenvalue weighted by atomic mass is 10.1. The summed E-state index contributed by atoms with van der Waals surface area (Å²) in [5.41, 5.74) is 1.14. The molecule has 2 N–H and O–H groups in total. The molecule has 0 aliphatic heterocycles. The van der Waals surface area contributed by atoms with Crippen LogP contribution >= 0.6 is 0 Å². The van der Waals surface area contributed by atoms with E-state index in [-0.39, 0.29) is 18.7 Å². The number of hydrogen-bond donors (Lipinski definition) is 2. The molecule has 4 heteroatoms. The molecular weight excluding hydrogens is 230 g/mol. The Morgan fingerprint density at radius 3 is 2.72 bits per heavy atom. The lowest BCUT2D eigenvalue weighted by Crippen LogP contribution is -2.35. The fourth-order valence-electron chi connectivity index (χ4n) is 1.85. The Bertz CT molecular complexity index is 344. The fourth-order valence-corrected chi connectivity index (χ4v) is 1.85. The van der Waals surface area contributed by atoms with Crippen molar-refractivity contribution in [1.29, 1.82) is 0 Å². The maximum Gasteiger partial charge on any atom is 0.119 e. The highest BCUT2D eigenvalue weighted by atomic mass is 16.5. The molecule has 0 heterocycles. The van der Waals surface area contributed by atoms with Crippen LogP contribution in [0.1, 0.15) is 24.9 Å². The third-order valence-corrected chi connectivity index (χ3v) is 2.97. The van der Waals surface area contributed by atoms with Gasteiger partial charge in [0.15, 0.2) is 0 Å². The maximum atomic E-state index is 9.31. The van der Waals surface area contributed by atoms with Crippen LogP contribution in [0.3, 0.4) is 0 Å². The lowest BCUT2D eigenvalue weighted by Gasteiger charge is -2.22. The van der Waals surface area contributed by atoms with Crippen LogP contribution in [-0.4, -0.2) is 38.6 Å². The number of nitrogens with one attached hydrogen (secondary N) is 1. The summed E-state index contributed by atoms with van der Waals surface area (Å²) in [7, 11) is 3.33. The van der Waals surface area contributed by atoms with E-state index in [0.29, 0.717) is 6.61 Å². The molecule has 0 spiro atoms. The Balaban J connectivity index is 2.59. The highest BCUT2D eigenvalue weighted by Crippen LogP contribution is 2.19. The summed E-state index contributed by atoms with van der Waals surface area (Å²) in [5, 5.41) is 12.7. The second kappa shape index (κ2) is 8.08. The van der Waals surface area contributed by atoms with Crippen LogP contribution in [-0.2, 0) is 4.74 Å². The van der Waals surface area contributed by atoms with Crippen LogP contribution in [0.15, 0.2) is 24.3 Å². The number of hydrogen-bond acceptors (Lipinski definition) is 4. The van der Waals surface area contributed by atoms with E-state index < -0.39 is 0 Å². The molecule has 0 saturated carbocycles. The highest BCUT2D eigenvalue weighted by molar-refractivity contribution is 5.30. The number of benzene rings is 1. The van der Waals surface area contributed by atoms with Gasteiger partial charge in [0.05, 0.1) is 13.7 Å². The SMILES string of the molecule is COCCC(CO)NC(C)c1cccc(OC)c1. The van der Waals surface area contributed by atoms with Gasteiger partial charge in [-0.2, -0.15) is 0 Å². The molecule has 1 aromatic carbocycles. The molecule has 4 nitrogen and oxygen atoms in total. The van der Waals surface area contributed by atoms with Crippen LogP contribution in [0, 0.1) is 0 Å². The Morgan fingerprint density at radius 2 is 2.11 bits per heavy atom. The first-order chi connectivity index (χ1) is 8.71. The smallest absolute Gasteiger partial charge is 0.119 e. The monoisotopic (exact) mass is 253 g/mol. The minimum Gasteiger partial charge on any atom is -0.497 e. The van der Waals surface area contributed by atoms with E-state index in [9.17, 15) is 5.11 Å². The average Bonchev–Trinajstić information content (AvgIpc) is 2.43. The van der Waals surface area contributed by atoms with Crippen molar-refractivity contribution in [1.82, 2.24) is 5.32 Å². The molecule has 0 aliphatic rings. The number of methoxy groups -OCH3 is 2. The molecule has 0 fully saturated rings. The molecule has 18 heavy (non-hydrogen) atoms. The van der Waals surface area contributed by atoms with Gasteiger partial charge < -0.3 is 19.9 Å². The zero-order chi connectivity index (χ0) is 13.4. The van der Waals surface area contributed by atoms with Crippen LogP contribution in [0.4, 0.5) is 0 Å². The molecular formula is C14H23NO3. The fraction of sp³-hybridized carbons (Fsp3) is 0.571. The predicted octanol–water partition coefficient (Wildman–Crippen LogP) is 1.74. The number of rotatable bonds is 8. The van der Waals surface area contributed by atoms with Crippen molar-refractivity contribution in [3.8, 4) is 5.75 Å². The van der Waals surface area contributed by atoms with Crippen molar-refractivity contribution >= 4 is 0 Å². The second-order valence-corrected chi connectivity index (χ2v) is 4.33. The Hall–Kier alpha value is -1.10. The van der Waals surface area contributed by atoms with Crippen molar-refractivity contribution in [3.63, 3.8) is 0 Å². The van der Waals surface area contributed by atoms with E-state index in [0.717, 1.165) is 17.7 Å². The summed E-state index contributed by atoms with van der Waals surface area (Å²) in [6, 6.07) is 8.15. The normalized spacial score (nSPS) is 14.2. The summed E-state index contributed by atoms with van der Waals surface area (Å²) in [4.78, 5) is 0. The predicted molar refractivity (Wildman–Crippen MR) is 71.9 cm³/mol. The van der Waals surface area contributed by atoms with E-state index >= 15 is 0 Å². The molecule has 0 aliphatic carbocycles. The third-order valence-electron chi connectivity index (χ3n) is 2.97. The molecule has 0 bridgehead atoms. The molecule has 2 unspecified atom stereocenters. The van der Waals surface area contributed by atoms with Crippen LogP contribution in [0.25, 0.3) is 0 Å². The van der Waals surface area contributed by atoms with E-state index in [4.69, 9.17) is 9.47 Å². The third kappa shape index (κ3) is 4.64. The lowest BCUT2D eigenvalue weighted by molar-refractivity contribution is 0.156. The molecule has 0 saturated heterocycles. The molecule has 1 aromatic rings. The van der Waals surface area contributed by atoms with E-state index in [1.807, 2.05) is 24.3 Å². The van der Waals surface area contributed by atoms with Crippen LogP contribution < -0.4 is 10.1 Å². The Morgan fingerprint density at radius 1 is 1.33 bits per heavy atom. The number of aliphatic hydroxyl groups is 1. The van der Waals surface area contributed by atoms with Crippen molar-refractivity contribution in [2.24, 2.45) is 0 Å². The van der Waals surface area contributed by atoms with Gasteiger partial charge in [-0.25, -0.2) is 0 Å². The van der Waals surface area contributed by atoms with Crippen LogP contribution in [0.5, 0.6) is 5.75 Å². The zero-order valence-corrected chi connectivity index (χ0v) is 11.3. The highest BCUT2D eigenvalue weighted by Gasteiger charge is 2.12. The van der Waals surface area contributed by atoms with E-state index in [2.05, 4.69) is 12.2 Å². The molecule has 2 atom stereocenters. The molecule has 0 amide bonds. The number of aliphatic hydroxyl groups excluding tert-OH is 1. The molecule has 0 aromatic heterocycles. The standard InChI is InChI=1S/C14H23NO3/c1-11(15-13(10-16)7-8-17-2)12-5-4-6-14(9-12)18-3/h4-6,9,11,13,15-16H,7-8,10H2,1-3H3. The van der Waals surface area contributed by atoms with Gasteiger partial charge in [0, 0.05) is 25.8 Å². The van der Waals surface area contributed by atoms with Crippen molar-refractivity contribution < 1.29 is 14.6 Å². The second-order valence-electron chi connectivity index (χ2n) is 4.33. The van der Waals surface area contributed by atoms with E-state index in [1.165, 1.54) is 0 Å². The minimum absolute atomic E-state index is 0.0474. The Labute approximate surface area is 109 Å². The van der Waals surface area contributed by atoms with E-state index in [1.54, 1.807) is 14.2 Å². The largest absolute Gasteiger partial charge is 0.497 e. The van der Waals surface area contributed by atoms with Gasteiger partial charge in [-0.05, 0) is 31.0 Å². The number of ether oxygens (including phenoxy) is 2. The van der Waals surface area contributed by atoms with Crippen molar-refractivity contribution in [3.05, 3.63) is 29.8 Å². The first kappa shape index (κ1) is 15.0. The summed E-state index contributed by atoms with van der Waals surface area (Å²) in [5.74, 6) is 0.846. The van der Waals surface area contributed by atoms with Gasteiger partial charge in [-0.15, -0.1) is 0 Å². The topological polar surface area (TPSA) is 50.7 Å². The minimum atomic E-state index is 0.0474. The summed E-state index contributed by atoms with van der Waals surface area (Å²) in [6.07, 6.45) is 0.793. The first-order valence-corrected chi connectivity index (χ1v) is 6.21. The maximum absolute atomic E-state index is 9.31. The van der Waals surface area contributed by atoms with Gasteiger partial charge in [0.2, 0.25) is 0 Å². The average molecular weight is 253 g/mol. The van der Waals surface area contributed by atoms with Gasteiger partial charge in [0.1, 0.15) is 5.75 Å².